The smallest absolute Gasteiger partial charge is 0.270 e. The van der Waals surface area contributed by atoms with Gasteiger partial charge in [0.2, 0.25) is 0 Å². The van der Waals surface area contributed by atoms with Crippen molar-refractivity contribution in [2.45, 2.75) is 50.5 Å². The minimum Gasteiger partial charge on any atom is -0.490 e. The number of rotatable bonds is 5. The third kappa shape index (κ3) is 3.72. The second-order valence-corrected chi connectivity index (χ2v) is 5.91. The molecule has 0 aliphatic heterocycles. The second-order valence-electron chi connectivity index (χ2n) is 5.35. The fourth-order valence-corrected chi connectivity index (χ4v) is 3.17. The molecule has 1 aliphatic rings. The second kappa shape index (κ2) is 7.07. The van der Waals surface area contributed by atoms with E-state index in [0.717, 1.165) is 30.1 Å². The van der Waals surface area contributed by atoms with Crippen molar-refractivity contribution in [3.05, 3.63) is 33.9 Å². The number of ether oxygens (including phenoxy) is 1. The zero-order valence-corrected chi connectivity index (χ0v) is 13.3. The molecule has 1 aromatic carbocycles. The summed E-state index contributed by atoms with van der Waals surface area (Å²) in [5, 5.41) is 11.4. The molecule has 0 heterocycles. The maximum absolute atomic E-state index is 10.8. The van der Waals surface area contributed by atoms with Gasteiger partial charge in [-0.15, -0.1) is 0 Å². The first-order valence-electron chi connectivity index (χ1n) is 7.14. The minimum absolute atomic E-state index is 0.112. The molecule has 0 unspecified atom stereocenters. The first-order chi connectivity index (χ1) is 9.63. The van der Waals surface area contributed by atoms with Gasteiger partial charge >= 0.3 is 0 Å². The predicted molar refractivity (Wildman–Crippen MR) is 82.4 cm³/mol. The lowest BCUT2D eigenvalue weighted by atomic mass is 9.86. The zero-order chi connectivity index (χ0) is 14.5. The van der Waals surface area contributed by atoms with Crippen LogP contribution in [-0.2, 0) is 5.33 Å². The molecule has 0 saturated heterocycles. The molecule has 0 bridgehead atoms. The third-order valence-corrected chi connectivity index (χ3v) is 4.67. The Balaban J connectivity index is 2.04. The SMILES string of the molecule is CCC1CCC(Oc2ccc([N+](=O)[O-])cc2CBr)CC1. The molecular formula is C15H20BrNO3. The van der Waals surface area contributed by atoms with E-state index in [4.69, 9.17) is 4.74 Å². The molecule has 1 saturated carbocycles. The van der Waals surface area contributed by atoms with E-state index in [0.29, 0.717) is 5.33 Å². The van der Waals surface area contributed by atoms with Gasteiger partial charge in [-0.25, -0.2) is 0 Å². The van der Waals surface area contributed by atoms with Crippen LogP contribution in [0.4, 0.5) is 5.69 Å². The summed E-state index contributed by atoms with van der Waals surface area (Å²) in [5.41, 5.74) is 0.957. The average Bonchev–Trinajstić information content (AvgIpc) is 2.48. The first-order valence-corrected chi connectivity index (χ1v) is 8.26. The summed E-state index contributed by atoms with van der Waals surface area (Å²) in [6.07, 6.45) is 6.10. The summed E-state index contributed by atoms with van der Waals surface area (Å²) in [6.45, 7) is 2.24. The molecule has 0 aromatic heterocycles. The molecule has 0 N–H and O–H groups in total. The van der Waals surface area contributed by atoms with Crippen LogP contribution in [0, 0.1) is 16.0 Å². The van der Waals surface area contributed by atoms with Gasteiger partial charge in [0.15, 0.2) is 0 Å². The fourth-order valence-electron chi connectivity index (χ4n) is 2.74. The largest absolute Gasteiger partial charge is 0.490 e. The van der Waals surface area contributed by atoms with E-state index < -0.39 is 0 Å². The molecule has 0 amide bonds. The average molecular weight is 342 g/mol. The van der Waals surface area contributed by atoms with Gasteiger partial charge in [-0.05, 0) is 37.7 Å². The van der Waals surface area contributed by atoms with E-state index in [1.54, 1.807) is 12.1 Å². The summed E-state index contributed by atoms with van der Waals surface area (Å²) in [4.78, 5) is 10.4. The molecule has 0 atom stereocenters. The molecule has 5 heteroatoms. The van der Waals surface area contributed by atoms with Gasteiger partial charge < -0.3 is 4.74 Å². The lowest BCUT2D eigenvalue weighted by Gasteiger charge is -2.28. The lowest BCUT2D eigenvalue weighted by molar-refractivity contribution is -0.384. The topological polar surface area (TPSA) is 52.4 Å². The number of hydrogen-bond donors (Lipinski definition) is 0. The van der Waals surface area contributed by atoms with Crippen molar-refractivity contribution in [1.82, 2.24) is 0 Å². The minimum atomic E-state index is -0.373. The Bertz CT molecular complexity index is 470. The number of nitrogens with zero attached hydrogens (tertiary/aromatic N) is 1. The maximum Gasteiger partial charge on any atom is 0.270 e. The molecule has 0 spiro atoms. The Labute approximate surface area is 127 Å². The van der Waals surface area contributed by atoms with Crippen molar-refractivity contribution in [3.8, 4) is 5.75 Å². The summed E-state index contributed by atoms with van der Waals surface area (Å²) in [7, 11) is 0. The number of hydrogen-bond acceptors (Lipinski definition) is 3. The van der Waals surface area contributed by atoms with Crippen LogP contribution < -0.4 is 4.74 Å². The summed E-state index contributed by atoms with van der Waals surface area (Å²) in [6, 6.07) is 4.82. The van der Waals surface area contributed by atoms with Gasteiger partial charge in [-0.2, -0.15) is 0 Å². The van der Waals surface area contributed by atoms with Crippen molar-refractivity contribution in [2.75, 3.05) is 0 Å². The van der Waals surface area contributed by atoms with Crippen LogP contribution in [0.1, 0.15) is 44.6 Å². The van der Waals surface area contributed by atoms with Crippen molar-refractivity contribution in [3.63, 3.8) is 0 Å². The lowest BCUT2D eigenvalue weighted by Crippen LogP contribution is -2.24. The quantitative estimate of drug-likeness (QED) is 0.437. The van der Waals surface area contributed by atoms with Crippen molar-refractivity contribution >= 4 is 21.6 Å². The van der Waals surface area contributed by atoms with Gasteiger partial charge in [0.25, 0.3) is 5.69 Å². The van der Waals surface area contributed by atoms with E-state index in [1.165, 1.54) is 25.3 Å². The van der Waals surface area contributed by atoms with Crippen LogP contribution in [0.2, 0.25) is 0 Å². The molecule has 4 nitrogen and oxygen atoms in total. The Morgan fingerprint density at radius 2 is 2.05 bits per heavy atom. The highest BCUT2D eigenvalue weighted by molar-refractivity contribution is 9.08. The van der Waals surface area contributed by atoms with E-state index in [2.05, 4.69) is 22.9 Å². The van der Waals surface area contributed by atoms with Crippen molar-refractivity contribution in [2.24, 2.45) is 5.92 Å². The Morgan fingerprint density at radius 1 is 1.35 bits per heavy atom. The molecular weight excluding hydrogens is 322 g/mol. The van der Waals surface area contributed by atoms with E-state index in [-0.39, 0.29) is 16.7 Å². The highest BCUT2D eigenvalue weighted by Crippen LogP contribution is 2.32. The molecule has 1 fully saturated rings. The maximum atomic E-state index is 10.8. The molecule has 0 radical (unpaired) electrons. The molecule has 20 heavy (non-hydrogen) atoms. The summed E-state index contributed by atoms with van der Waals surface area (Å²) >= 11 is 3.37. The van der Waals surface area contributed by atoms with Crippen LogP contribution in [-0.4, -0.2) is 11.0 Å². The fraction of sp³-hybridized carbons (Fsp3) is 0.600. The van der Waals surface area contributed by atoms with Crippen LogP contribution in [0.3, 0.4) is 0 Å². The number of alkyl halides is 1. The van der Waals surface area contributed by atoms with Crippen LogP contribution in [0.15, 0.2) is 18.2 Å². The number of benzene rings is 1. The predicted octanol–water partition coefficient (Wildman–Crippen LogP) is 4.84. The monoisotopic (exact) mass is 341 g/mol. The van der Waals surface area contributed by atoms with E-state index in [9.17, 15) is 10.1 Å². The van der Waals surface area contributed by atoms with Gasteiger partial charge in [-0.1, -0.05) is 29.3 Å². The van der Waals surface area contributed by atoms with Gasteiger partial charge in [-0.3, -0.25) is 10.1 Å². The molecule has 1 aliphatic carbocycles. The number of halogens is 1. The number of nitro benzene ring substituents is 1. The standard InChI is InChI=1S/C15H20BrNO3/c1-2-11-3-6-14(7-4-11)20-15-8-5-13(17(18)19)9-12(15)10-16/h5,8-9,11,14H,2-4,6-7,10H2,1H3. The van der Waals surface area contributed by atoms with Gasteiger partial charge in [0, 0.05) is 23.0 Å². The molecule has 2 rings (SSSR count). The highest BCUT2D eigenvalue weighted by atomic mass is 79.9. The molecule has 1 aromatic rings. The normalized spacial score (nSPS) is 22.5. The Morgan fingerprint density at radius 3 is 2.60 bits per heavy atom. The van der Waals surface area contributed by atoms with Crippen LogP contribution in [0.25, 0.3) is 0 Å². The van der Waals surface area contributed by atoms with Crippen molar-refractivity contribution in [1.29, 1.82) is 0 Å². The number of nitro groups is 1. The summed E-state index contributed by atoms with van der Waals surface area (Å²) < 4.78 is 6.05. The molecule has 110 valence electrons. The van der Waals surface area contributed by atoms with E-state index in [1.807, 2.05) is 0 Å². The zero-order valence-electron chi connectivity index (χ0n) is 11.7. The Hall–Kier alpha value is -1.10. The van der Waals surface area contributed by atoms with Crippen molar-refractivity contribution < 1.29 is 9.66 Å². The van der Waals surface area contributed by atoms with Gasteiger partial charge in [0.1, 0.15) is 5.75 Å². The van der Waals surface area contributed by atoms with E-state index >= 15 is 0 Å². The van der Waals surface area contributed by atoms with Crippen LogP contribution >= 0.6 is 15.9 Å². The highest BCUT2D eigenvalue weighted by Gasteiger charge is 2.22. The van der Waals surface area contributed by atoms with Gasteiger partial charge in [0.05, 0.1) is 11.0 Å². The third-order valence-electron chi connectivity index (χ3n) is 4.06. The summed E-state index contributed by atoms with van der Waals surface area (Å²) in [5.74, 6) is 1.61. The van der Waals surface area contributed by atoms with Crippen LogP contribution in [0.5, 0.6) is 5.75 Å². The Kier molecular flexibility index (Phi) is 5.40. The number of non-ortho nitro benzene ring substituents is 1. The first kappa shape index (κ1) is 15.3.